The number of unbranched alkanes of at least 4 members (excludes halogenated alkanes) is 2. The first-order valence-corrected chi connectivity index (χ1v) is 33.9. The number of fused-ring (bicyclic) bond motifs is 2. The summed E-state index contributed by atoms with van der Waals surface area (Å²) in [5, 5.41) is 46.1. The predicted octanol–water partition coefficient (Wildman–Crippen LogP) is 2.01. The van der Waals surface area contributed by atoms with Crippen molar-refractivity contribution in [2.45, 2.75) is 131 Å². The topological polar surface area (TPSA) is 469 Å². The number of benzene rings is 2. The second-order valence-corrected chi connectivity index (χ2v) is 25.2. The number of H-pyrrole nitrogens is 1. The standard InChI is InChI=1S/C63H89N13O18S2/c64-60(87)48(12-5-6-21-66-53(80)15-4-3-14-52-59-49(39-95-52)74-63(90)75-59)73-56(83)38-94-30-28-91-25-23-67-55(82)37-93-29-27-92-26-24-69-62(89)43(36-77)32-50(78)42(33-57(84)85)31-51(79)47(72-54(81)16-7-9-41-34-70-46-11-2-1-10-45(41)46)13-8-22-68-61(88)40-17-19-44(20-18-40)96-58(86)35-71-76-65/h1-2,10-11,17-20,34,42-43,47-49,52,59,70,77H,3-9,12-16,21-33,35-39H2,(H2,64,87)(H,66,80)(H,67,82)(H,68,88)(H,69,89)(H,72,81)(H,73,83)(H,84,85)(H2,74,75,90)/t42?,43?,47?,48?,49-,52-,59-/m0/s1. The van der Waals surface area contributed by atoms with Crippen molar-refractivity contribution in [3.63, 3.8) is 0 Å². The molecule has 13 N–H and O–H groups in total. The molecule has 0 aliphatic carbocycles. The number of aliphatic carboxylic acids is 1. The number of aliphatic hydroxyl groups is 1. The third-order valence-electron chi connectivity index (χ3n) is 15.5. The molecule has 2 aliphatic rings. The van der Waals surface area contributed by atoms with E-state index in [1.165, 1.54) is 12.1 Å². The summed E-state index contributed by atoms with van der Waals surface area (Å²) in [6.45, 7) is -0.839. The number of primary amides is 1. The van der Waals surface area contributed by atoms with Gasteiger partial charge in [0.1, 0.15) is 25.0 Å². The number of carboxylic acids is 1. The molecule has 526 valence electrons. The van der Waals surface area contributed by atoms with Crippen LogP contribution in [0, 0.1) is 11.8 Å². The average molecular weight is 1380 g/mol. The second-order valence-electron chi connectivity index (χ2n) is 22.8. The summed E-state index contributed by atoms with van der Waals surface area (Å²) in [5.41, 5.74) is 16.2. The summed E-state index contributed by atoms with van der Waals surface area (Å²) in [6, 6.07) is 11.9. The largest absolute Gasteiger partial charge is 0.481 e. The van der Waals surface area contributed by atoms with Crippen LogP contribution in [0.3, 0.4) is 0 Å². The Morgan fingerprint density at radius 3 is 2.06 bits per heavy atom. The van der Waals surface area contributed by atoms with E-state index in [4.69, 9.17) is 30.2 Å². The fraction of sp³-hybridized carbons (Fsp3) is 0.587. The fourth-order valence-electron chi connectivity index (χ4n) is 10.5. The van der Waals surface area contributed by atoms with Crippen molar-refractivity contribution in [3.8, 4) is 0 Å². The lowest BCUT2D eigenvalue weighted by atomic mass is 9.86. The molecule has 0 bridgehead atoms. The first-order chi connectivity index (χ1) is 46.3. The van der Waals surface area contributed by atoms with Gasteiger partial charge in [-0.1, -0.05) is 41.5 Å². The number of aryl methyl sites for hydroxylation is 1. The van der Waals surface area contributed by atoms with Gasteiger partial charge in [-0.3, -0.25) is 52.7 Å². The van der Waals surface area contributed by atoms with Gasteiger partial charge in [-0.2, -0.15) is 11.8 Å². The smallest absolute Gasteiger partial charge is 0.315 e. The Balaban J connectivity index is 0.904. The third kappa shape index (κ3) is 30.3. The SMILES string of the molecule is [N-]=[N+]=NCC(=O)Sc1ccc(C(=O)NCCCC(NC(=O)CCCc2c[nH]c3ccccc23)C(=O)CC(CC(=O)O)C(=O)CC(CO)C(=O)NCCOCCOCC(=O)NCCOCCOCC(=O)NC(CCCCNC(=O)CCCC[C@@H]2SC[C@@H]3NC(=O)N[C@@H]32)C(N)=O)cc1. The van der Waals surface area contributed by atoms with E-state index in [2.05, 4.69) is 57.5 Å². The van der Waals surface area contributed by atoms with Crippen molar-refractivity contribution in [2.75, 3.05) is 97.9 Å². The molecule has 9 amide bonds. The molecule has 0 saturated carbocycles. The number of urea groups is 1. The molecular formula is C63H89N13O18S2. The third-order valence-corrected chi connectivity index (χ3v) is 17.9. The van der Waals surface area contributed by atoms with E-state index in [9.17, 15) is 67.7 Å². The Hall–Kier alpha value is -8.17. The lowest BCUT2D eigenvalue weighted by molar-refractivity contribution is -0.142. The molecule has 5 rings (SSSR count). The van der Waals surface area contributed by atoms with Crippen LogP contribution in [-0.4, -0.2) is 213 Å². The van der Waals surface area contributed by atoms with E-state index in [1.54, 1.807) is 12.1 Å². The van der Waals surface area contributed by atoms with Crippen LogP contribution in [0.2, 0.25) is 0 Å². The second kappa shape index (κ2) is 44.5. The molecule has 0 spiro atoms. The number of azide groups is 1. The van der Waals surface area contributed by atoms with Crippen molar-refractivity contribution in [1.82, 2.24) is 47.5 Å². The normalized spacial score (nSPS) is 15.9. The summed E-state index contributed by atoms with van der Waals surface area (Å²) >= 11 is 2.69. The van der Waals surface area contributed by atoms with Crippen LogP contribution in [0.4, 0.5) is 4.79 Å². The lowest BCUT2D eigenvalue weighted by Gasteiger charge is -2.22. The number of nitrogens with two attached hydrogens (primary N) is 1. The van der Waals surface area contributed by atoms with Gasteiger partial charge < -0.3 is 82.4 Å². The number of aromatic nitrogens is 1. The van der Waals surface area contributed by atoms with E-state index in [-0.39, 0.29) is 139 Å². The molecule has 3 aromatic rings. The Morgan fingerprint density at radius 2 is 1.34 bits per heavy atom. The van der Waals surface area contributed by atoms with Crippen molar-refractivity contribution >= 4 is 104 Å². The number of hydrogen-bond donors (Lipinski definition) is 12. The number of carbonyl (C=O) groups excluding carboxylic acids is 11. The number of Topliss-reactive ketones (excluding diaryl/α,β-unsaturated/α-hetero) is 2. The summed E-state index contributed by atoms with van der Waals surface area (Å²) in [4.78, 5) is 158. The zero-order valence-electron chi connectivity index (χ0n) is 53.6. The highest BCUT2D eigenvalue weighted by molar-refractivity contribution is 8.13. The van der Waals surface area contributed by atoms with Crippen LogP contribution in [-0.2, 0) is 73.3 Å². The zero-order chi connectivity index (χ0) is 69.5. The summed E-state index contributed by atoms with van der Waals surface area (Å²) in [5.74, 6) is -8.02. The van der Waals surface area contributed by atoms with Gasteiger partial charge in [-0.05, 0) is 99.2 Å². The van der Waals surface area contributed by atoms with Crippen molar-refractivity contribution in [2.24, 2.45) is 22.7 Å². The van der Waals surface area contributed by atoms with E-state index in [1.807, 2.05) is 42.2 Å². The summed E-state index contributed by atoms with van der Waals surface area (Å²) in [6.07, 6.45) is 5.43. The number of ether oxygens (including phenoxy) is 4. The number of carboxylic acid groups (broad SMARTS) is 1. The first-order valence-electron chi connectivity index (χ1n) is 32.1. The molecule has 0 radical (unpaired) electrons. The number of ketones is 2. The highest BCUT2D eigenvalue weighted by Gasteiger charge is 2.42. The van der Waals surface area contributed by atoms with Crippen molar-refractivity contribution < 1.29 is 86.7 Å². The monoisotopic (exact) mass is 1380 g/mol. The Bertz CT molecular complexity index is 3120. The van der Waals surface area contributed by atoms with E-state index in [0.29, 0.717) is 48.8 Å². The number of nitrogens with one attached hydrogen (secondary N) is 9. The maximum absolute atomic E-state index is 14.0. The number of hydrogen-bond acceptors (Lipinski definition) is 20. The fourth-order valence-corrected chi connectivity index (χ4v) is 12.7. The molecule has 2 saturated heterocycles. The number of carbonyl (C=O) groups is 12. The van der Waals surface area contributed by atoms with Crippen LogP contribution in [0.5, 0.6) is 0 Å². The van der Waals surface area contributed by atoms with Gasteiger partial charge in [-0.15, -0.1) is 0 Å². The molecule has 7 atom stereocenters. The van der Waals surface area contributed by atoms with E-state index in [0.717, 1.165) is 53.2 Å². The highest BCUT2D eigenvalue weighted by Crippen LogP contribution is 2.33. The van der Waals surface area contributed by atoms with Gasteiger partial charge >= 0.3 is 12.0 Å². The highest BCUT2D eigenvalue weighted by atomic mass is 32.2. The van der Waals surface area contributed by atoms with Gasteiger partial charge in [0.15, 0.2) is 10.9 Å². The van der Waals surface area contributed by atoms with E-state index >= 15 is 0 Å². The van der Waals surface area contributed by atoms with Crippen molar-refractivity contribution in [3.05, 3.63) is 76.3 Å². The molecule has 96 heavy (non-hydrogen) atoms. The first kappa shape index (κ1) is 78.5. The van der Waals surface area contributed by atoms with Crippen LogP contribution >= 0.6 is 23.5 Å². The number of thioether (sulfide) groups is 2. The van der Waals surface area contributed by atoms with Crippen LogP contribution in [0.1, 0.15) is 106 Å². The minimum Gasteiger partial charge on any atom is -0.481 e. The maximum atomic E-state index is 14.0. The number of rotatable bonds is 51. The minimum atomic E-state index is -1.42. The Morgan fingerprint density at radius 1 is 0.688 bits per heavy atom. The number of aromatic amines is 1. The number of nitrogens with zero attached hydrogens (tertiary/aromatic N) is 3. The Kier molecular flexibility index (Phi) is 36.4. The number of para-hydroxylation sites is 1. The Labute approximate surface area is 563 Å². The summed E-state index contributed by atoms with van der Waals surface area (Å²) < 4.78 is 21.5. The molecule has 31 nitrogen and oxygen atoms in total. The number of amides is 9. The van der Waals surface area contributed by atoms with Crippen LogP contribution in [0.15, 0.2) is 64.7 Å². The minimum absolute atomic E-state index is 0.00371. The number of aliphatic hydroxyl groups excluding tert-OH is 1. The molecule has 2 aliphatic heterocycles. The van der Waals surface area contributed by atoms with Crippen LogP contribution < -0.4 is 48.3 Å². The average Bonchev–Trinajstić information content (AvgIpc) is 1.67. The van der Waals surface area contributed by atoms with Gasteiger partial charge in [0.2, 0.25) is 35.4 Å². The molecule has 2 fully saturated rings. The lowest BCUT2D eigenvalue weighted by Crippen LogP contribution is -2.45. The predicted molar refractivity (Wildman–Crippen MR) is 353 cm³/mol. The van der Waals surface area contributed by atoms with Gasteiger partial charge in [0.05, 0.1) is 83.3 Å². The molecule has 2 aromatic carbocycles. The molecule has 33 heteroatoms. The molecule has 1 aromatic heterocycles. The zero-order valence-corrected chi connectivity index (χ0v) is 55.2. The maximum Gasteiger partial charge on any atom is 0.315 e. The molecule has 3 heterocycles. The van der Waals surface area contributed by atoms with Gasteiger partial charge in [0, 0.05) is 101 Å². The summed E-state index contributed by atoms with van der Waals surface area (Å²) in [7, 11) is 0. The van der Waals surface area contributed by atoms with Crippen molar-refractivity contribution in [1.29, 1.82) is 0 Å². The quantitative estimate of drug-likeness (QED) is 0.00960. The van der Waals surface area contributed by atoms with Crippen LogP contribution in [0.25, 0.3) is 21.3 Å². The van der Waals surface area contributed by atoms with Gasteiger partial charge in [-0.25, -0.2) is 4.79 Å². The molecule has 4 unspecified atom stereocenters. The van der Waals surface area contributed by atoms with E-state index < -0.39 is 103 Å². The molecular weight excluding hydrogens is 1290 g/mol. The van der Waals surface area contributed by atoms with Gasteiger partial charge in [0.25, 0.3) is 5.91 Å².